The number of halogens is 1. The van der Waals surface area contributed by atoms with Crippen LogP contribution in [0.15, 0.2) is 46.9 Å². The third-order valence-corrected chi connectivity index (χ3v) is 3.60. The maximum absolute atomic E-state index is 13.4. The van der Waals surface area contributed by atoms with Gasteiger partial charge in [0.1, 0.15) is 11.3 Å². The van der Waals surface area contributed by atoms with Crippen molar-refractivity contribution in [1.29, 1.82) is 0 Å². The van der Waals surface area contributed by atoms with Gasteiger partial charge in [0.05, 0.1) is 6.04 Å². The highest BCUT2D eigenvalue weighted by molar-refractivity contribution is 5.82. The van der Waals surface area contributed by atoms with Crippen molar-refractivity contribution in [3.8, 4) is 5.75 Å². The van der Waals surface area contributed by atoms with Gasteiger partial charge in [0.25, 0.3) is 0 Å². The van der Waals surface area contributed by atoms with Crippen LogP contribution in [0, 0.1) is 12.7 Å². The Morgan fingerprint density at radius 1 is 1.19 bits per heavy atom. The molecule has 0 amide bonds. The third-order valence-electron chi connectivity index (χ3n) is 3.60. The molecule has 0 saturated heterocycles. The van der Waals surface area contributed by atoms with E-state index in [9.17, 15) is 9.50 Å². The number of phenols is 1. The Bertz CT molecular complexity index is 795. The first kappa shape index (κ1) is 13.5. The molecule has 0 spiro atoms. The highest BCUT2D eigenvalue weighted by Gasteiger charge is 2.16. The van der Waals surface area contributed by atoms with E-state index in [4.69, 9.17) is 4.42 Å². The van der Waals surface area contributed by atoms with Crippen LogP contribution in [0.1, 0.15) is 24.3 Å². The number of phenolic OH excluding ortho intramolecular Hbond substituents is 1. The summed E-state index contributed by atoms with van der Waals surface area (Å²) >= 11 is 0. The number of furan rings is 1. The molecular formula is C17H16FNO2. The van der Waals surface area contributed by atoms with E-state index >= 15 is 0 Å². The van der Waals surface area contributed by atoms with Crippen molar-refractivity contribution in [2.24, 2.45) is 0 Å². The zero-order valence-electron chi connectivity index (χ0n) is 11.9. The van der Waals surface area contributed by atoms with E-state index < -0.39 is 5.82 Å². The molecule has 0 aliphatic carbocycles. The average Bonchev–Trinajstić information content (AvgIpc) is 2.81. The Kier molecular flexibility index (Phi) is 3.29. The molecule has 0 saturated carbocycles. The standard InChI is InChI=1S/C17H16FNO2/c1-10-13-5-3-4-6-16(13)21-17(10)11(2)19-12-7-8-15(20)14(18)9-12/h3-9,11,19-20H,1-2H3. The smallest absolute Gasteiger partial charge is 0.166 e. The Hall–Kier alpha value is -2.49. The first-order chi connectivity index (χ1) is 10.1. The van der Waals surface area contributed by atoms with Gasteiger partial charge >= 0.3 is 0 Å². The number of aromatic hydroxyl groups is 1. The normalized spacial score (nSPS) is 12.5. The zero-order chi connectivity index (χ0) is 15.0. The molecule has 1 atom stereocenters. The molecule has 2 N–H and O–H groups in total. The van der Waals surface area contributed by atoms with Crippen molar-refractivity contribution in [3.05, 3.63) is 59.6 Å². The fourth-order valence-corrected chi connectivity index (χ4v) is 2.52. The van der Waals surface area contributed by atoms with Crippen LogP contribution in [-0.4, -0.2) is 5.11 Å². The molecule has 1 heterocycles. The molecule has 0 fully saturated rings. The monoisotopic (exact) mass is 285 g/mol. The first-order valence-corrected chi connectivity index (χ1v) is 6.79. The van der Waals surface area contributed by atoms with Gasteiger partial charge in [-0.1, -0.05) is 18.2 Å². The second kappa shape index (κ2) is 5.13. The van der Waals surface area contributed by atoms with Crippen molar-refractivity contribution in [2.45, 2.75) is 19.9 Å². The van der Waals surface area contributed by atoms with Gasteiger partial charge in [0.15, 0.2) is 11.6 Å². The number of benzene rings is 2. The van der Waals surface area contributed by atoms with Crippen molar-refractivity contribution in [3.63, 3.8) is 0 Å². The van der Waals surface area contributed by atoms with Gasteiger partial charge in [-0.25, -0.2) is 4.39 Å². The summed E-state index contributed by atoms with van der Waals surface area (Å²) in [7, 11) is 0. The van der Waals surface area contributed by atoms with Gasteiger partial charge in [0.2, 0.25) is 0 Å². The molecule has 4 heteroatoms. The first-order valence-electron chi connectivity index (χ1n) is 6.79. The van der Waals surface area contributed by atoms with E-state index in [1.807, 2.05) is 38.1 Å². The summed E-state index contributed by atoms with van der Waals surface area (Å²) in [6.07, 6.45) is 0. The quantitative estimate of drug-likeness (QED) is 0.682. The van der Waals surface area contributed by atoms with Crippen LogP contribution in [0.3, 0.4) is 0 Å². The molecule has 1 unspecified atom stereocenters. The topological polar surface area (TPSA) is 45.4 Å². The van der Waals surface area contributed by atoms with Crippen LogP contribution in [0.25, 0.3) is 11.0 Å². The molecule has 3 nitrogen and oxygen atoms in total. The number of para-hydroxylation sites is 1. The van der Waals surface area contributed by atoms with E-state index in [0.717, 1.165) is 22.3 Å². The number of anilines is 1. The summed E-state index contributed by atoms with van der Waals surface area (Å²) in [6.45, 7) is 3.96. The Morgan fingerprint density at radius 3 is 2.67 bits per heavy atom. The highest BCUT2D eigenvalue weighted by atomic mass is 19.1. The molecule has 108 valence electrons. The van der Waals surface area contributed by atoms with E-state index in [1.54, 1.807) is 6.07 Å². The Balaban J connectivity index is 1.91. The summed E-state index contributed by atoms with van der Waals surface area (Å²) in [5.41, 5.74) is 2.51. The minimum Gasteiger partial charge on any atom is -0.505 e. The lowest BCUT2D eigenvalue weighted by molar-refractivity contribution is 0.432. The van der Waals surface area contributed by atoms with Gasteiger partial charge < -0.3 is 14.8 Å². The average molecular weight is 285 g/mol. The molecule has 3 rings (SSSR count). The van der Waals surface area contributed by atoms with E-state index in [-0.39, 0.29) is 11.8 Å². The lowest BCUT2D eigenvalue weighted by Gasteiger charge is -2.14. The second-order valence-electron chi connectivity index (χ2n) is 5.12. The summed E-state index contributed by atoms with van der Waals surface area (Å²) in [5, 5.41) is 13.5. The fourth-order valence-electron chi connectivity index (χ4n) is 2.52. The summed E-state index contributed by atoms with van der Waals surface area (Å²) in [5.74, 6) is -0.175. The molecule has 2 aromatic carbocycles. The van der Waals surface area contributed by atoms with Crippen molar-refractivity contribution in [2.75, 3.05) is 5.32 Å². The minimum atomic E-state index is -0.645. The van der Waals surface area contributed by atoms with Crippen molar-refractivity contribution >= 4 is 16.7 Å². The molecule has 0 aliphatic heterocycles. The van der Waals surface area contributed by atoms with Crippen LogP contribution >= 0.6 is 0 Å². The lowest BCUT2D eigenvalue weighted by Crippen LogP contribution is -2.06. The zero-order valence-corrected chi connectivity index (χ0v) is 11.9. The van der Waals surface area contributed by atoms with E-state index in [0.29, 0.717) is 5.69 Å². The number of aryl methyl sites for hydroxylation is 1. The maximum atomic E-state index is 13.4. The fraction of sp³-hybridized carbons (Fsp3) is 0.176. The van der Waals surface area contributed by atoms with Crippen LogP contribution in [0.4, 0.5) is 10.1 Å². The molecule has 1 aromatic heterocycles. The van der Waals surface area contributed by atoms with E-state index in [1.165, 1.54) is 12.1 Å². The Morgan fingerprint density at radius 2 is 1.95 bits per heavy atom. The van der Waals surface area contributed by atoms with Crippen LogP contribution in [0.5, 0.6) is 5.75 Å². The number of hydrogen-bond donors (Lipinski definition) is 2. The van der Waals surface area contributed by atoms with Gasteiger partial charge in [-0.15, -0.1) is 0 Å². The van der Waals surface area contributed by atoms with Crippen molar-refractivity contribution in [1.82, 2.24) is 0 Å². The van der Waals surface area contributed by atoms with Gasteiger partial charge in [-0.3, -0.25) is 0 Å². The number of nitrogens with one attached hydrogen (secondary N) is 1. The summed E-state index contributed by atoms with van der Waals surface area (Å²) in [6, 6.07) is 12.0. The molecule has 21 heavy (non-hydrogen) atoms. The molecule has 0 aliphatic rings. The van der Waals surface area contributed by atoms with Gasteiger partial charge in [0, 0.05) is 22.7 Å². The molecule has 0 bridgehead atoms. The minimum absolute atomic E-state index is 0.110. The van der Waals surface area contributed by atoms with Gasteiger partial charge in [-0.05, 0) is 32.0 Å². The number of hydrogen-bond acceptors (Lipinski definition) is 3. The predicted octanol–water partition coefficient (Wildman–Crippen LogP) is 4.76. The summed E-state index contributed by atoms with van der Waals surface area (Å²) in [4.78, 5) is 0. The lowest BCUT2D eigenvalue weighted by atomic mass is 10.1. The predicted molar refractivity (Wildman–Crippen MR) is 81.1 cm³/mol. The van der Waals surface area contributed by atoms with Crippen LogP contribution < -0.4 is 5.32 Å². The van der Waals surface area contributed by atoms with E-state index in [2.05, 4.69) is 5.32 Å². The third kappa shape index (κ3) is 2.44. The SMILES string of the molecule is Cc1c(C(C)Nc2ccc(O)c(F)c2)oc2ccccc12. The molecule has 3 aromatic rings. The molecular weight excluding hydrogens is 269 g/mol. The molecule has 0 radical (unpaired) electrons. The highest BCUT2D eigenvalue weighted by Crippen LogP contribution is 2.31. The van der Waals surface area contributed by atoms with Gasteiger partial charge in [-0.2, -0.15) is 0 Å². The largest absolute Gasteiger partial charge is 0.505 e. The van der Waals surface area contributed by atoms with Crippen LogP contribution in [0.2, 0.25) is 0 Å². The maximum Gasteiger partial charge on any atom is 0.166 e. The number of rotatable bonds is 3. The van der Waals surface area contributed by atoms with Crippen molar-refractivity contribution < 1.29 is 13.9 Å². The number of fused-ring (bicyclic) bond motifs is 1. The van der Waals surface area contributed by atoms with Crippen LogP contribution in [-0.2, 0) is 0 Å². The summed E-state index contributed by atoms with van der Waals surface area (Å²) < 4.78 is 19.2. The second-order valence-corrected chi connectivity index (χ2v) is 5.12. The Labute approximate surface area is 122 Å².